The maximum Gasteiger partial charge on any atom is 0.138 e. The van der Waals surface area contributed by atoms with Crippen LogP contribution in [0.25, 0.3) is 11.4 Å². The second-order valence-corrected chi connectivity index (χ2v) is 9.38. The maximum atomic E-state index is 5.05. The number of nitrogens with one attached hydrogen (secondary N) is 1. The van der Waals surface area contributed by atoms with Gasteiger partial charge in [0.2, 0.25) is 0 Å². The highest BCUT2D eigenvalue weighted by Crippen LogP contribution is 2.32. The SMILES string of the molecule is Cc1ccccc1-c1nc(C(C)N2CCN(C(c3ccccc3)c3ccccc3)CC2)c(C)[nH]1.Cl.Cl.Cl. The van der Waals surface area contributed by atoms with Gasteiger partial charge >= 0.3 is 0 Å². The number of aromatic amines is 1. The Labute approximate surface area is 239 Å². The summed E-state index contributed by atoms with van der Waals surface area (Å²) < 4.78 is 0. The Morgan fingerprint density at radius 1 is 0.676 bits per heavy atom. The van der Waals surface area contributed by atoms with Crippen LogP contribution in [0.2, 0.25) is 0 Å². The molecule has 1 fully saturated rings. The van der Waals surface area contributed by atoms with Gasteiger partial charge in [0.25, 0.3) is 0 Å². The van der Waals surface area contributed by atoms with Crippen molar-refractivity contribution in [1.82, 2.24) is 19.8 Å². The van der Waals surface area contributed by atoms with Gasteiger partial charge in [-0.05, 0) is 37.5 Å². The third-order valence-corrected chi connectivity index (χ3v) is 7.21. The fourth-order valence-electron chi connectivity index (χ4n) is 5.29. The summed E-state index contributed by atoms with van der Waals surface area (Å²) in [4.78, 5) is 13.8. The third kappa shape index (κ3) is 6.76. The van der Waals surface area contributed by atoms with E-state index in [4.69, 9.17) is 4.98 Å². The van der Waals surface area contributed by atoms with Gasteiger partial charge in [0.05, 0.1) is 17.8 Å². The zero-order chi connectivity index (χ0) is 23.5. The van der Waals surface area contributed by atoms with E-state index in [1.54, 1.807) is 0 Å². The van der Waals surface area contributed by atoms with Crippen LogP contribution < -0.4 is 0 Å². The van der Waals surface area contributed by atoms with Crippen molar-refractivity contribution in [3.05, 3.63) is 113 Å². The molecule has 0 spiro atoms. The molecule has 1 aliphatic rings. The summed E-state index contributed by atoms with van der Waals surface area (Å²) in [6.45, 7) is 10.7. The number of rotatable bonds is 6. The van der Waals surface area contributed by atoms with E-state index < -0.39 is 0 Å². The summed E-state index contributed by atoms with van der Waals surface area (Å²) in [5, 5.41) is 0. The number of aromatic nitrogens is 2. The molecule has 198 valence electrons. The molecule has 3 aromatic carbocycles. The molecule has 0 amide bonds. The zero-order valence-corrected chi connectivity index (χ0v) is 24.1. The highest BCUT2D eigenvalue weighted by atomic mass is 35.5. The lowest BCUT2D eigenvalue weighted by Crippen LogP contribution is -2.48. The van der Waals surface area contributed by atoms with Crippen LogP contribution in [0, 0.1) is 13.8 Å². The monoisotopic (exact) mass is 558 g/mol. The van der Waals surface area contributed by atoms with Gasteiger partial charge in [-0.25, -0.2) is 4.98 Å². The number of piperazine rings is 1. The van der Waals surface area contributed by atoms with Crippen molar-refractivity contribution in [2.24, 2.45) is 0 Å². The lowest BCUT2D eigenvalue weighted by molar-refractivity contribution is 0.0826. The molecule has 1 N–H and O–H groups in total. The normalized spacial score (nSPS) is 14.8. The van der Waals surface area contributed by atoms with Gasteiger partial charge in [0.1, 0.15) is 5.82 Å². The second kappa shape index (κ2) is 14.0. The summed E-state index contributed by atoms with van der Waals surface area (Å²) in [6, 6.07) is 30.8. The molecule has 1 aromatic heterocycles. The first kappa shape index (κ1) is 30.9. The van der Waals surface area contributed by atoms with Crippen molar-refractivity contribution >= 4 is 37.2 Å². The molecule has 37 heavy (non-hydrogen) atoms. The zero-order valence-electron chi connectivity index (χ0n) is 21.6. The Morgan fingerprint density at radius 2 is 1.16 bits per heavy atom. The average molecular weight is 560 g/mol. The van der Waals surface area contributed by atoms with Crippen LogP contribution in [-0.4, -0.2) is 45.9 Å². The third-order valence-electron chi connectivity index (χ3n) is 7.21. The second-order valence-electron chi connectivity index (χ2n) is 9.38. The van der Waals surface area contributed by atoms with Crippen molar-refractivity contribution in [2.45, 2.75) is 32.9 Å². The summed E-state index contributed by atoms with van der Waals surface area (Å²) in [6.07, 6.45) is 0. The fraction of sp³-hybridized carbons (Fsp3) is 0.300. The number of hydrogen-bond acceptors (Lipinski definition) is 3. The molecule has 1 atom stereocenters. The van der Waals surface area contributed by atoms with E-state index in [1.807, 2.05) is 0 Å². The van der Waals surface area contributed by atoms with Crippen molar-refractivity contribution < 1.29 is 0 Å². The first-order chi connectivity index (χ1) is 16.6. The highest BCUT2D eigenvalue weighted by molar-refractivity contribution is 5.86. The Bertz CT molecular complexity index is 1180. The Morgan fingerprint density at radius 3 is 1.70 bits per heavy atom. The van der Waals surface area contributed by atoms with E-state index in [2.05, 4.69) is 120 Å². The molecule has 5 rings (SSSR count). The summed E-state index contributed by atoms with van der Waals surface area (Å²) in [5.41, 5.74) is 7.48. The van der Waals surface area contributed by atoms with E-state index >= 15 is 0 Å². The largest absolute Gasteiger partial charge is 0.342 e. The molecule has 1 unspecified atom stereocenters. The molecule has 4 nitrogen and oxygen atoms in total. The van der Waals surface area contributed by atoms with Gasteiger partial charge in [-0.2, -0.15) is 0 Å². The molecule has 1 aliphatic heterocycles. The smallest absolute Gasteiger partial charge is 0.138 e. The molecular weight excluding hydrogens is 523 g/mol. The van der Waals surface area contributed by atoms with Crippen molar-refractivity contribution in [2.75, 3.05) is 26.2 Å². The van der Waals surface area contributed by atoms with Gasteiger partial charge in [-0.1, -0.05) is 84.9 Å². The molecule has 1 saturated heterocycles. The van der Waals surface area contributed by atoms with E-state index in [0.29, 0.717) is 6.04 Å². The quantitative estimate of drug-likeness (QED) is 0.267. The molecule has 0 bridgehead atoms. The van der Waals surface area contributed by atoms with Gasteiger partial charge in [0.15, 0.2) is 0 Å². The number of benzene rings is 3. The maximum absolute atomic E-state index is 5.05. The van der Waals surface area contributed by atoms with Crippen molar-refractivity contribution in [3.8, 4) is 11.4 Å². The standard InChI is InChI=1S/C30H34N4.3ClH/c1-22-12-10-11-17-27(22)30-31-23(2)28(32-30)24(3)33-18-20-34(21-19-33)29(25-13-6-4-7-14-25)26-15-8-5-9-16-26;;;/h4-17,24,29H,18-21H2,1-3H3,(H,31,32);3*1H. The topological polar surface area (TPSA) is 35.2 Å². The highest BCUT2D eigenvalue weighted by Gasteiger charge is 2.29. The number of imidazole rings is 1. The van der Waals surface area contributed by atoms with Crippen LogP contribution in [0.1, 0.15) is 47.1 Å². The van der Waals surface area contributed by atoms with E-state index in [-0.39, 0.29) is 43.3 Å². The average Bonchev–Trinajstić information content (AvgIpc) is 3.27. The van der Waals surface area contributed by atoms with E-state index in [9.17, 15) is 0 Å². The molecule has 4 aromatic rings. The van der Waals surface area contributed by atoms with Crippen LogP contribution in [0.15, 0.2) is 84.9 Å². The minimum Gasteiger partial charge on any atom is -0.342 e. The van der Waals surface area contributed by atoms with Crippen LogP contribution in [0.3, 0.4) is 0 Å². The van der Waals surface area contributed by atoms with Gasteiger partial charge in [-0.15, -0.1) is 37.2 Å². The van der Waals surface area contributed by atoms with Crippen LogP contribution in [0.4, 0.5) is 0 Å². The minimum atomic E-state index is 0. The van der Waals surface area contributed by atoms with Crippen molar-refractivity contribution in [3.63, 3.8) is 0 Å². The predicted octanol–water partition coefficient (Wildman–Crippen LogP) is 7.43. The molecule has 0 aliphatic carbocycles. The Balaban J connectivity index is 0.00000160. The van der Waals surface area contributed by atoms with Crippen LogP contribution in [-0.2, 0) is 0 Å². The molecule has 0 radical (unpaired) electrons. The molecule has 2 heterocycles. The number of hydrogen-bond donors (Lipinski definition) is 1. The van der Waals surface area contributed by atoms with Crippen molar-refractivity contribution in [1.29, 1.82) is 0 Å². The number of aryl methyl sites for hydroxylation is 2. The van der Waals surface area contributed by atoms with E-state index in [0.717, 1.165) is 37.7 Å². The lowest BCUT2D eigenvalue weighted by atomic mass is 9.96. The predicted molar refractivity (Wildman–Crippen MR) is 162 cm³/mol. The van der Waals surface area contributed by atoms with Gasteiger partial charge in [0, 0.05) is 37.4 Å². The summed E-state index contributed by atoms with van der Waals surface area (Å²) >= 11 is 0. The minimum absolute atomic E-state index is 0. The first-order valence-corrected chi connectivity index (χ1v) is 12.3. The molecule has 7 heteroatoms. The summed E-state index contributed by atoms with van der Waals surface area (Å²) in [7, 11) is 0. The Kier molecular flexibility index (Phi) is 11.7. The Hall–Kier alpha value is -2.34. The van der Waals surface area contributed by atoms with Gasteiger partial charge < -0.3 is 4.98 Å². The number of nitrogens with zero attached hydrogens (tertiary/aromatic N) is 3. The van der Waals surface area contributed by atoms with Crippen LogP contribution >= 0.6 is 37.2 Å². The van der Waals surface area contributed by atoms with Crippen LogP contribution in [0.5, 0.6) is 0 Å². The summed E-state index contributed by atoms with van der Waals surface area (Å²) in [5.74, 6) is 0.976. The lowest BCUT2D eigenvalue weighted by Gasteiger charge is -2.41. The van der Waals surface area contributed by atoms with Gasteiger partial charge in [-0.3, -0.25) is 9.80 Å². The molecule has 0 saturated carbocycles. The number of H-pyrrole nitrogens is 1. The molecular formula is C30H37Cl3N4. The first-order valence-electron chi connectivity index (χ1n) is 12.3. The number of halogens is 3. The van der Waals surface area contributed by atoms with E-state index in [1.165, 1.54) is 27.9 Å². The fourth-order valence-corrected chi connectivity index (χ4v) is 5.29.